The molecule has 1 saturated heterocycles. The summed E-state index contributed by atoms with van der Waals surface area (Å²) in [6.45, 7) is 10.7. The van der Waals surface area contributed by atoms with E-state index in [1.54, 1.807) is 7.11 Å². The zero-order valence-electron chi connectivity index (χ0n) is 17.9. The molecule has 29 heavy (non-hydrogen) atoms. The van der Waals surface area contributed by atoms with Crippen molar-refractivity contribution in [3.8, 4) is 17.6 Å². The Morgan fingerprint density at radius 3 is 2.41 bits per heavy atom. The number of rotatable bonds is 8. The summed E-state index contributed by atoms with van der Waals surface area (Å²) >= 11 is 0. The molecule has 1 aliphatic heterocycles. The van der Waals surface area contributed by atoms with Crippen LogP contribution >= 0.6 is 0 Å². The molecule has 1 unspecified atom stereocenters. The number of aliphatic hydroxyl groups is 1. The Morgan fingerprint density at radius 1 is 1.21 bits per heavy atom. The molecule has 1 aromatic carbocycles. The maximum absolute atomic E-state index is 10.8. The lowest BCUT2D eigenvalue weighted by Crippen LogP contribution is -2.48. The normalized spacial score (nSPS) is 18.0. The van der Waals surface area contributed by atoms with E-state index in [1.807, 2.05) is 45.0 Å². The topological polar surface area (TPSA) is 57.2 Å². The lowest BCUT2D eigenvalue weighted by atomic mass is 9.79. The summed E-state index contributed by atoms with van der Waals surface area (Å²) in [4.78, 5) is 0. The largest absolute Gasteiger partial charge is 0.497 e. The van der Waals surface area contributed by atoms with Crippen LogP contribution in [0.4, 0.5) is 0 Å². The van der Waals surface area contributed by atoms with Crippen LogP contribution in [-0.2, 0) is 20.8 Å². The smallest absolute Gasteiger partial charge is 0.167 e. The van der Waals surface area contributed by atoms with Crippen molar-refractivity contribution in [2.24, 2.45) is 5.41 Å². The quantitative estimate of drug-likeness (QED) is 0.403. The molecule has 5 nitrogen and oxygen atoms in total. The fourth-order valence-corrected chi connectivity index (χ4v) is 3.05. The molecule has 0 bridgehead atoms. The molecule has 0 radical (unpaired) electrons. The Kier molecular flexibility index (Phi) is 8.37. The number of hydrogen-bond donors (Lipinski definition) is 1. The van der Waals surface area contributed by atoms with Gasteiger partial charge in [0.1, 0.15) is 18.5 Å². The maximum atomic E-state index is 10.8. The van der Waals surface area contributed by atoms with E-state index in [9.17, 15) is 5.11 Å². The van der Waals surface area contributed by atoms with Gasteiger partial charge in [0.05, 0.1) is 20.3 Å². The molecule has 0 saturated carbocycles. The molecule has 1 atom stereocenters. The van der Waals surface area contributed by atoms with Crippen LogP contribution in [-0.4, -0.2) is 37.3 Å². The van der Waals surface area contributed by atoms with Crippen LogP contribution in [0.1, 0.15) is 45.6 Å². The minimum absolute atomic E-state index is 0.307. The Labute approximate surface area is 174 Å². The van der Waals surface area contributed by atoms with Crippen molar-refractivity contribution in [1.82, 2.24) is 0 Å². The van der Waals surface area contributed by atoms with Gasteiger partial charge in [-0.25, -0.2) is 0 Å². The number of aliphatic hydroxyl groups excluding tert-OH is 1. The average molecular weight is 401 g/mol. The van der Waals surface area contributed by atoms with Crippen LogP contribution in [0.5, 0.6) is 5.75 Å². The zero-order chi connectivity index (χ0) is 21.3. The minimum atomic E-state index is -0.873. The number of hydrogen-bond acceptors (Lipinski definition) is 5. The van der Waals surface area contributed by atoms with Crippen molar-refractivity contribution < 1.29 is 24.1 Å². The number of methoxy groups -OCH3 is 1. The molecule has 5 heteroatoms. The van der Waals surface area contributed by atoms with Gasteiger partial charge in [0.15, 0.2) is 11.5 Å². The van der Waals surface area contributed by atoms with Crippen molar-refractivity contribution in [3.63, 3.8) is 0 Å². The average Bonchev–Trinajstić information content (AvgIpc) is 2.71. The first-order valence-electron chi connectivity index (χ1n) is 9.90. The van der Waals surface area contributed by atoms with Crippen molar-refractivity contribution in [1.29, 1.82) is 0 Å². The van der Waals surface area contributed by atoms with Crippen LogP contribution < -0.4 is 4.74 Å². The van der Waals surface area contributed by atoms with Gasteiger partial charge < -0.3 is 24.1 Å². The molecule has 158 valence electrons. The van der Waals surface area contributed by atoms with Crippen molar-refractivity contribution in [2.75, 3.05) is 20.3 Å². The number of benzene rings is 1. The molecule has 1 aliphatic rings. The predicted molar refractivity (Wildman–Crippen MR) is 112 cm³/mol. The molecular formula is C24H32O5. The summed E-state index contributed by atoms with van der Waals surface area (Å²) < 4.78 is 22.7. The second-order valence-electron chi connectivity index (χ2n) is 7.76. The van der Waals surface area contributed by atoms with Gasteiger partial charge >= 0.3 is 0 Å². The number of ether oxygens (including phenoxy) is 4. The van der Waals surface area contributed by atoms with Crippen molar-refractivity contribution in [2.45, 2.75) is 58.5 Å². The van der Waals surface area contributed by atoms with Crippen LogP contribution in [0.25, 0.3) is 0 Å². The highest BCUT2D eigenvalue weighted by molar-refractivity contribution is 5.26. The Morgan fingerprint density at radius 2 is 1.86 bits per heavy atom. The van der Waals surface area contributed by atoms with E-state index in [4.69, 9.17) is 18.9 Å². The van der Waals surface area contributed by atoms with E-state index in [0.717, 1.165) is 17.7 Å². The van der Waals surface area contributed by atoms with Gasteiger partial charge in [-0.15, -0.1) is 11.8 Å². The van der Waals surface area contributed by atoms with Gasteiger partial charge in [0, 0.05) is 18.3 Å². The summed E-state index contributed by atoms with van der Waals surface area (Å²) in [6, 6.07) is 7.57. The van der Waals surface area contributed by atoms with Gasteiger partial charge in [-0.2, -0.15) is 0 Å². The molecule has 2 rings (SSSR count). The van der Waals surface area contributed by atoms with Crippen LogP contribution in [0.2, 0.25) is 0 Å². The highest BCUT2D eigenvalue weighted by Gasteiger charge is 2.41. The monoisotopic (exact) mass is 400 g/mol. The third-order valence-electron chi connectivity index (χ3n) is 4.87. The summed E-state index contributed by atoms with van der Waals surface area (Å²) in [5.41, 5.74) is 3.28. The third-order valence-corrected chi connectivity index (χ3v) is 4.87. The first-order valence-corrected chi connectivity index (χ1v) is 9.90. The molecule has 0 amide bonds. The SMILES string of the molecule is C=C=C(OCc1ccc(OC)cc1)C(O)CC1(CC#CCC)COC(C)(C)OC1. The standard InChI is InChI=1S/C24H32O5/c1-6-8-9-14-24(17-28-23(3,4)29-18-24)15-21(25)22(7-2)27-16-19-10-12-20(26-5)13-11-19/h10-13,21,25H,2,6,14-18H2,1,3-5H3. The second-order valence-corrected chi connectivity index (χ2v) is 7.76. The molecule has 0 aliphatic carbocycles. The Bertz CT molecular complexity index is 753. The minimum Gasteiger partial charge on any atom is -0.497 e. The molecule has 0 spiro atoms. The first kappa shape index (κ1) is 23.1. The van der Waals surface area contributed by atoms with Gasteiger partial charge in [0.2, 0.25) is 0 Å². The molecule has 1 N–H and O–H groups in total. The first-order chi connectivity index (χ1) is 13.8. The lowest BCUT2D eigenvalue weighted by molar-refractivity contribution is -0.288. The fraction of sp³-hybridized carbons (Fsp3) is 0.542. The highest BCUT2D eigenvalue weighted by Crippen LogP contribution is 2.37. The van der Waals surface area contributed by atoms with Crippen molar-refractivity contribution >= 4 is 0 Å². The molecular weight excluding hydrogens is 368 g/mol. The third kappa shape index (κ3) is 6.96. The van der Waals surface area contributed by atoms with E-state index in [2.05, 4.69) is 24.2 Å². The van der Waals surface area contributed by atoms with Gasteiger partial charge in [0.25, 0.3) is 0 Å². The maximum Gasteiger partial charge on any atom is 0.167 e. The summed E-state index contributed by atoms with van der Waals surface area (Å²) in [7, 11) is 1.63. The van der Waals surface area contributed by atoms with E-state index < -0.39 is 17.3 Å². The zero-order valence-corrected chi connectivity index (χ0v) is 17.9. The van der Waals surface area contributed by atoms with E-state index in [0.29, 0.717) is 38.4 Å². The van der Waals surface area contributed by atoms with Crippen molar-refractivity contribution in [3.05, 3.63) is 47.9 Å². The van der Waals surface area contributed by atoms with Gasteiger partial charge in [-0.3, -0.25) is 0 Å². The summed E-state index contributed by atoms with van der Waals surface area (Å²) in [5.74, 6) is 6.74. The van der Waals surface area contributed by atoms with Crippen LogP contribution in [0.3, 0.4) is 0 Å². The van der Waals surface area contributed by atoms with Crippen LogP contribution in [0.15, 0.2) is 42.3 Å². The van der Waals surface area contributed by atoms with Crippen LogP contribution in [0, 0.1) is 17.3 Å². The lowest BCUT2D eigenvalue weighted by Gasteiger charge is -2.43. The van der Waals surface area contributed by atoms with E-state index in [1.165, 1.54) is 0 Å². The van der Waals surface area contributed by atoms with E-state index in [-0.39, 0.29) is 0 Å². The predicted octanol–water partition coefficient (Wildman–Crippen LogP) is 4.20. The molecule has 1 fully saturated rings. The fourth-order valence-electron chi connectivity index (χ4n) is 3.05. The summed E-state index contributed by atoms with van der Waals surface area (Å²) in [5, 5.41) is 10.8. The van der Waals surface area contributed by atoms with Gasteiger partial charge in [-0.05, 0) is 38.0 Å². The van der Waals surface area contributed by atoms with E-state index >= 15 is 0 Å². The Hall–Kier alpha value is -2.22. The second kappa shape index (κ2) is 10.5. The van der Waals surface area contributed by atoms with Gasteiger partial charge in [-0.1, -0.05) is 31.4 Å². The molecule has 1 heterocycles. The molecule has 1 aromatic rings. The Balaban J connectivity index is 2.03. The highest BCUT2D eigenvalue weighted by atomic mass is 16.7. The molecule has 0 aromatic heterocycles. The summed E-state index contributed by atoms with van der Waals surface area (Å²) in [6.07, 6.45) is 0.885.